The number of nitrogens with one attached hydrogen (secondary N) is 1. The van der Waals surface area contributed by atoms with E-state index in [2.05, 4.69) is 5.32 Å². The van der Waals surface area contributed by atoms with Crippen molar-refractivity contribution < 1.29 is 23.9 Å². The fraction of sp³-hybridized carbons (Fsp3) is 0.160. The maximum Gasteiger partial charge on any atom is 0.344 e. The van der Waals surface area contributed by atoms with Crippen molar-refractivity contribution in [3.63, 3.8) is 0 Å². The van der Waals surface area contributed by atoms with Gasteiger partial charge in [-0.1, -0.05) is 49.4 Å². The third-order valence-electron chi connectivity index (χ3n) is 4.49. The second-order valence-corrected chi connectivity index (χ2v) is 6.77. The number of hydrogen-bond donors (Lipinski definition) is 1. The van der Waals surface area contributed by atoms with Crippen molar-refractivity contribution in [2.75, 3.05) is 18.5 Å². The molecule has 0 aliphatic carbocycles. The molecule has 0 fully saturated rings. The lowest BCUT2D eigenvalue weighted by Crippen LogP contribution is -2.23. The zero-order valence-corrected chi connectivity index (χ0v) is 17.2. The summed E-state index contributed by atoms with van der Waals surface area (Å²) in [4.78, 5) is 36.2. The summed E-state index contributed by atoms with van der Waals surface area (Å²) in [6, 6.07) is 22.9. The Hall–Kier alpha value is -3.93. The number of carbonyl (C=O) groups is 3. The van der Waals surface area contributed by atoms with Gasteiger partial charge >= 0.3 is 5.97 Å². The van der Waals surface area contributed by atoms with Gasteiger partial charge in [-0.2, -0.15) is 0 Å². The van der Waals surface area contributed by atoms with Gasteiger partial charge in [-0.3, -0.25) is 9.59 Å². The van der Waals surface area contributed by atoms with E-state index in [0.717, 1.165) is 12.0 Å². The molecule has 0 atom stereocenters. The topological polar surface area (TPSA) is 81.7 Å². The van der Waals surface area contributed by atoms with Crippen LogP contribution in [0.25, 0.3) is 0 Å². The van der Waals surface area contributed by atoms with Crippen molar-refractivity contribution in [2.24, 2.45) is 0 Å². The van der Waals surface area contributed by atoms with Gasteiger partial charge < -0.3 is 14.8 Å². The van der Waals surface area contributed by atoms with Gasteiger partial charge in [0, 0.05) is 16.8 Å². The monoisotopic (exact) mass is 417 g/mol. The molecule has 3 aromatic rings. The standard InChI is InChI=1S/C25H23NO5/c1-2-18-7-6-10-21(15-18)26-23(27)16-31-24(28)17-30-22-13-11-20(12-14-22)25(29)19-8-4-3-5-9-19/h3-15H,2,16-17H2,1H3,(H,26,27). The summed E-state index contributed by atoms with van der Waals surface area (Å²) in [5.74, 6) is -0.767. The van der Waals surface area contributed by atoms with Crippen LogP contribution in [0.5, 0.6) is 5.75 Å². The molecule has 0 saturated carbocycles. The van der Waals surface area contributed by atoms with Crippen LogP contribution in [0.3, 0.4) is 0 Å². The quantitative estimate of drug-likeness (QED) is 0.420. The smallest absolute Gasteiger partial charge is 0.344 e. The van der Waals surface area contributed by atoms with Gasteiger partial charge in [0.15, 0.2) is 19.0 Å². The minimum absolute atomic E-state index is 0.0953. The molecule has 1 N–H and O–H groups in total. The lowest BCUT2D eigenvalue weighted by molar-refractivity contribution is -0.149. The first-order valence-electron chi connectivity index (χ1n) is 9.92. The van der Waals surface area contributed by atoms with E-state index in [1.54, 1.807) is 54.6 Å². The van der Waals surface area contributed by atoms with Crippen molar-refractivity contribution >= 4 is 23.3 Å². The first-order valence-corrected chi connectivity index (χ1v) is 9.92. The number of amides is 1. The number of hydrogen-bond acceptors (Lipinski definition) is 5. The zero-order chi connectivity index (χ0) is 22.1. The number of anilines is 1. The van der Waals surface area contributed by atoms with Crippen LogP contribution in [0.1, 0.15) is 28.4 Å². The molecule has 0 spiro atoms. The Kier molecular flexibility index (Phi) is 7.54. The van der Waals surface area contributed by atoms with Crippen molar-refractivity contribution in [2.45, 2.75) is 13.3 Å². The third-order valence-corrected chi connectivity index (χ3v) is 4.49. The molecule has 0 radical (unpaired) electrons. The molecule has 3 aromatic carbocycles. The highest BCUT2D eigenvalue weighted by atomic mass is 16.6. The first kappa shape index (κ1) is 21.8. The summed E-state index contributed by atoms with van der Waals surface area (Å²) in [7, 11) is 0. The summed E-state index contributed by atoms with van der Waals surface area (Å²) in [6.45, 7) is 1.28. The second kappa shape index (κ2) is 10.7. The fourth-order valence-electron chi connectivity index (χ4n) is 2.85. The number of benzene rings is 3. The van der Waals surface area contributed by atoms with Crippen molar-refractivity contribution in [3.05, 3.63) is 95.6 Å². The maximum absolute atomic E-state index is 12.4. The van der Waals surface area contributed by atoms with Gasteiger partial charge in [-0.15, -0.1) is 0 Å². The highest BCUT2D eigenvalue weighted by Gasteiger charge is 2.11. The molecule has 31 heavy (non-hydrogen) atoms. The van der Waals surface area contributed by atoms with E-state index in [0.29, 0.717) is 22.6 Å². The molecule has 0 aliphatic rings. The Labute approximate surface area is 180 Å². The Balaban J connectivity index is 1.43. The SMILES string of the molecule is CCc1cccc(NC(=O)COC(=O)COc2ccc(C(=O)c3ccccc3)cc2)c1. The van der Waals surface area contributed by atoms with Crippen LogP contribution in [0.4, 0.5) is 5.69 Å². The van der Waals surface area contributed by atoms with Crippen LogP contribution < -0.4 is 10.1 Å². The predicted molar refractivity (Wildman–Crippen MR) is 117 cm³/mol. The zero-order valence-electron chi connectivity index (χ0n) is 17.2. The van der Waals surface area contributed by atoms with E-state index in [9.17, 15) is 14.4 Å². The Morgan fingerprint density at radius 3 is 2.23 bits per heavy atom. The number of carbonyl (C=O) groups excluding carboxylic acids is 3. The number of esters is 1. The molecule has 0 bridgehead atoms. The molecule has 0 aliphatic heterocycles. The summed E-state index contributed by atoms with van der Waals surface area (Å²) in [5, 5.41) is 2.69. The maximum atomic E-state index is 12.4. The number of rotatable bonds is 9. The van der Waals surface area contributed by atoms with Gasteiger partial charge in [0.25, 0.3) is 5.91 Å². The Morgan fingerprint density at radius 2 is 1.52 bits per heavy atom. The van der Waals surface area contributed by atoms with Gasteiger partial charge in [0.1, 0.15) is 5.75 Å². The minimum atomic E-state index is -0.665. The van der Waals surface area contributed by atoms with Crippen LogP contribution in [0.2, 0.25) is 0 Å². The highest BCUT2D eigenvalue weighted by molar-refractivity contribution is 6.09. The molecule has 0 aromatic heterocycles. The first-order chi connectivity index (χ1) is 15.0. The molecule has 6 nitrogen and oxygen atoms in total. The number of ketones is 1. The summed E-state index contributed by atoms with van der Waals surface area (Å²) >= 11 is 0. The summed E-state index contributed by atoms with van der Waals surface area (Å²) < 4.78 is 10.3. The minimum Gasteiger partial charge on any atom is -0.482 e. The third kappa shape index (κ3) is 6.54. The van der Waals surface area contributed by atoms with Crippen LogP contribution in [-0.4, -0.2) is 30.9 Å². The van der Waals surface area contributed by atoms with Crippen molar-refractivity contribution in [1.82, 2.24) is 0 Å². The molecule has 0 unspecified atom stereocenters. The molecular weight excluding hydrogens is 394 g/mol. The van der Waals surface area contributed by atoms with E-state index in [4.69, 9.17) is 9.47 Å². The molecule has 3 rings (SSSR count). The van der Waals surface area contributed by atoms with E-state index in [1.807, 2.05) is 31.2 Å². The van der Waals surface area contributed by atoms with Crippen molar-refractivity contribution in [3.8, 4) is 5.75 Å². The number of ether oxygens (including phenoxy) is 2. The van der Waals surface area contributed by atoms with Crippen LogP contribution in [-0.2, 0) is 20.7 Å². The average molecular weight is 417 g/mol. The summed E-state index contributed by atoms with van der Waals surface area (Å²) in [5.41, 5.74) is 2.87. The van der Waals surface area contributed by atoms with Crippen molar-refractivity contribution in [1.29, 1.82) is 0 Å². The second-order valence-electron chi connectivity index (χ2n) is 6.77. The molecule has 6 heteroatoms. The largest absolute Gasteiger partial charge is 0.482 e. The lowest BCUT2D eigenvalue weighted by Gasteiger charge is -2.09. The predicted octanol–water partition coefficient (Wildman–Crippen LogP) is 4.04. The van der Waals surface area contributed by atoms with E-state index in [-0.39, 0.29) is 12.4 Å². The fourth-order valence-corrected chi connectivity index (χ4v) is 2.85. The van der Waals surface area contributed by atoms with E-state index in [1.165, 1.54) is 0 Å². The molecule has 1 amide bonds. The highest BCUT2D eigenvalue weighted by Crippen LogP contribution is 2.16. The summed E-state index contributed by atoms with van der Waals surface area (Å²) in [6.07, 6.45) is 0.859. The Bertz CT molecular complexity index is 1050. The average Bonchev–Trinajstić information content (AvgIpc) is 2.82. The van der Waals surface area contributed by atoms with Gasteiger partial charge in [0.2, 0.25) is 0 Å². The molecule has 0 heterocycles. The molecule has 0 saturated heterocycles. The van der Waals surface area contributed by atoms with Crippen LogP contribution in [0, 0.1) is 0 Å². The lowest BCUT2D eigenvalue weighted by atomic mass is 10.0. The Morgan fingerprint density at radius 1 is 0.806 bits per heavy atom. The van der Waals surface area contributed by atoms with E-state index >= 15 is 0 Å². The van der Waals surface area contributed by atoms with Gasteiger partial charge in [-0.25, -0.2) is 4.79 Å². The van der Waals surface area contributed by atoms with Gasteiger partial charge in [-0.05, 0) is 48.4 Å². The number of aryl methyl sites for hydroxylation is 1. The van der Waals surface area contributed by atoms with Crippen LogP contribution >= 0.6 is 0 Å². The van der Waals surface area contributed by atoms with E-state index < -0.39 is 18.5 Å². The normalized spacial score (nSPS) is 10.2. The van der Waals surface area contributed by atoms with Gasteiger partial charge in [0.05, 0.1) is 0 Å². The molecular formula is C25H23NO5. The van der Waals surface area contributed by atoms with Crippen LogP contribution in [0.15, 0.2) is 78.9 Å². The molecule has 158 valence electrons.